The third-order valence-electron chi connectivity index (χ3n) is 2.43. The highest BCUT2D eigenvalue weighted by molar-refractivity contribution is 6.54. The van der Waals surface area contributed by atoms with Crippen LogP contribution in [0.15, 0.2) is 30.5 Å². The number of nitrogens with one attached hydrogen (secondary N) is 1. The number of carbonyl (C=O) groups excluding carboxylic acids is 1. The number of alkyl halides is 2. The van der Waals surface area contributed by atoms with Crippen LogP contribution in [-0.4, -0.2) is 26.8 Å². The average molecular weight is 299 g/mol. The molecule has 0 unspecified atom stereocenters. The molecule has 2 rings (SSSR count). The maximum Gasteiger partial charge on any atom is 0.355 e. The van der Waals surface area contributed by atoms with Gasteiger partial charge in [0, 0.05) is 17.3 Å². The van der Waals surface area contributed by atoms with Crippen molar-refractivity contribution in [3.8, 4) is 0 Å². The van der Waals surface area contributed by atoms with E-state index in [1.54, 1.807) is 24.3 Å². The number of carboxylic acid groups (broad SMARTS) is 1. The number of nitrogens with zero attached hydrogens (tertiary/aromatic N) is 1. The lowest BCUT2D eigenvalue weighted by molar-refractivity contribution is -0.114. The predicted molar refractivity (Wildman–Crippen MR) is 72.8 cm³/mol. The Labute approximate surface area is 118 Å². The second-order valence-corrected chi connectivity index (χ2v) is 4.79. The molecule has 7 heteroatoms. The molecule has 2 N–H and O–H groups in total. The van der Waals surface area contributed by atoms with E-state index in [0.717, 1.165) is 0 Å². The topological polar surface area (TPSA) is 79.3 Å². The van der Waals surface area contributed by atoms with E-state index in [4.69, 9.17) is 28.3 Å². The third-order valence-corrected chi connectivity index (χ3v) is 2.83. The molecule has 0 saturated heterocycles. The van der Waals surface area contributed by atoms with Crippen LogP contribution in [0.5, 0.6) is 0 Å². The van der Waals surface area contributed by atoms with Gasteiger partial charge in [0.25, 0.3) is 5.91 Å². The Morgan fingerprint density at radius 3 is 2.63 bits per heavy atom. The molecule has 19 heavy (non-hydrogen) atoms. The van der Waals surface area contributed by atoms with Crippen molar-refractivity contribution in [3.05, 3.63) is 36.2 Å². The zero-order valence-electron chi connectivity index (χ0n) is 9.43. The quantitative estimate of drug-likeness (QED) is 0.854. The van der Waals surface area contributed by atoms with Gasteiger partial charge >= 0.3 is 5.97 Å². The fourth-order valence-corrected chi connectivity index (χ4v) is 1.73. The van der Waals surface area contributed by atoms with E-state index >= 15 is 0 Å². The van der Waals surface area contributed by atoms with E-state index in [-0.39, 0.29) is 5.69 Å². The summed E-state index contributed by atoms with van der Waals surface area (Å²) in [5.41, 5.74) is 0.439. The highest BCUT2D eigenvalue weighted by Crippen LogP contribution is 2.22. The summed E-state index contributed by atoms with van der Waals surface area (Å²) < 4.78 is 0. The van der Waals surface area contributed by atoms with Crippen LogP contribution < -0.4 is 5.32 Å². The summed E-state index contributed by atoms with van der Waals surface area (Å²) in [6, 6.07) is 6.40. The van der Waals surface area contributed by atoms with Crippen molar-refractivity contribution in [1.29, 1.82) is 0 Å². The minimum atomic E-state index is -1.16. The third kappa shape index (κ3) is 2.94. The first-order valence-electron chi connectivity index (χ1n) is 5.20. The van der Waals surface area contributed by atoms with Crippen LogP contribution in [0, 0.1) is 0 Å². The highest BCUT2D eigenvalue weighted by atomic mass is 35.5. The molecule has 0 radical (unpaired) electrons. The van der Waals surface area contributed by atoms with Crippen molar-refractivity contribution in [1.82, 2.24) is 4.98 Å². The van der Waals surface area contributed by atoms with E-state index in [9.17, 15) is 9.59 Å². The number of benzene rings is 1. The molecule has 0 aliphatic rings. The van der Waals surface area contributed by atoms with E-state index < -0.39 is 16.7 Å². The smallest absolute Gasteiger partial charge is 0.355 e. The summed E-state index contributed by atoms with van der Waals surface area (Å²) in [5.74, 6) is -1.65. The Bertz CT molecular complexity index is 658. The second kappa shape index (κ2) is 5.42. The van der Waals surface area contributed by atoms with Crippen LogP contribution in [0.25, 0.3) is 10.8 Å². The fraction of sp³-hybridized carbons (Fsp3) is 0.0833. The molecule has 0 atom stereocenters. The lowest BCUT2D eigenvalue weighted by atomic mass is 10.1. The summed E-state index contributed by atoms with van der Waals surface area (Å²) in [6.45, 7) is 0. The fourth-order valence-electron chi connectivity index (χ4n) is 1.62. The van der Waals surface area contributed by atoms with E-state index in [2.05, 4.69) is 10.3 Å². The number of hydrogen-bond donors (Lipinski definition) is 2. The number of halogens is 2. The first-order chi connectivity index (χ1) is 8.99. The van der Waals surface area contributed by atoms with Gasteiger partial charge in [0.1, 0.15) is 0 Å². The summed E-state index contributed by atoms with van der Waals surface area (Å²) in [6.07, 6.45) is 1.39. The number of hydrogen-bond acceptors (Lipinski definition) is 3. The summed E-state index contributed by atoms with van der Waals surface area (Å²) in [5, 5.41) is 12.6. The van der Waals surface area contributed by atoms with Crippen molar-refractivity contribution < 1.29 is 14.7 Å². The van der Waals surface area contributed by atoms with Crippen LogP contribution in [-0.2, 0) is 4.79 Å². The van der Waals surface area contributed by atoms with Gasteiger partial charge in [-0.3, -0.25) is 4.79 Å². The number of carbonyl (C=O) groups is 2. The van der Waals surface area contributed by atoms with Gasteiger partial charge in [-0.1, -0.05) is 23.2 Å². The molecule has 0 aliphatic heterocycles. The van der Waals surface area contributed by atoms with Gasteiger partial charge in [-0.05, 0) is 29.7 Å². The normalized spacial score (nSPS) is 10.7. The molecule has 1 aromatic carbocycles. The van der Waals surface area contributed by atoms with Gasteiger partial charge in [0.15, 0.2) is 10.5 Å². The zero-order valence-corrected chi connectivity index (χ0v) is 10.9. The maximum atomic E-state index is 11.3. The molecule has 0 bridgehead atoms. The monoisotopic (exact) mass is 298 g/mol. The van der Waals surface area contributed by atoms with E-state index in [1.165, 1.54) is 6.20 Å². The SMILES string of the molecule is O=C(O)c1nccc2cc(NC(=O)C(Cl)Cl)ccc12. The summed E-state index contributed by atoms with van der Waals surface area (Å²) in [7, 11) is 0. The van der Waals surface area contributed by atoms with Crippen molar-refractivity contribution in [2.24, 2.45) is 0 Å². The minimum Gasteiger partial charge on any atom is -0.476 e. The van der Waals surface area contributed by atoms with Crippen molar-refractivity contribution in [2.75, 3.05) is 5.32 Å². The number of amides is 1. The van der Waals surface area contributed by atoms with Gasteiger partial charge in [0.2, 0.25) is 0 Å². The van der Waals surface area contributed by atoms with Crippen molar-refractivity contribution in [2.45, 2.75) is 4.84 Å². The van der Waals surface area contributed by atoms with E-state index in [0.29, 0.717) is 16.5 Å². The van der Waals surface area contributed by atoms with Gasteiger partial charge in [0.05, 0.1) is 0 Å². The molecule has 0 spiro atoms. The Morgan fingerprint density at radius 1 is 1.26 bits per heavy atom. The molecule has 2 aromatic rings. The van der Waals surface area contributed by atoms with Crippen LogP contribution in [0.3, 0.4) is 0 Å². The number of anilines is 1. The number of pyridine rings is 1. The Kier molecular flexibility index (Phi) is 3.87. The number of rotatable bonds is 3. The standard InChI is InChI=1S/C12H8Cl2N2O3/c13-10(14)11(17)16-7-1-2-8-6(5-7)3-4-15-9(8)12(18)19/h1-5,10H,(H,16,17)(H,18,19). The zero-order chi connectivity index (χ0) is 14.0. The largest absolute Gasteiger partial charge is 0.476 e. The number of aromatic carboxylic acids is 1. The summed E-state index contributed by atoms with van der Waals surface area (Å²) >= 11 is 10.9. The van der Waals surface area contributed by atoms with Gasteiger partial charge < -0.3 is 10.4 Å². The first-order valence-corrected chi connectivity index (χ1v) is 6.07. The lowest BCUT2D eigenvalue weighted by Gasteiger charge is -2.07. The first kappa shape index (κ1) is 13.6. The van der Waals surface area contributed by atoms with Gasteiger partial charge in [-0.15, -0.1) is 0 Å². The molecule has 0 fully saturated rings. The van der Waals surface area contributed by atoms with Crippen molar-refractivity contribution >= 4 is 51.5 Å². The minimum absolute atomic E-state index is 0.0389. The van der Waals surface area contributed by atoms with Gasteiger partial charge in [-0.25, -0.2) is 9.78 Å². The average Bonchev–Trinajstić information content (AvgIpc) is 2.37. The molecule has 0 aliphatic carbocycles. The summed E-state index contributed by atoms with van der Waals surface area (Å²) in [4.78, 5) is 25.0. The van der Waals surface area contributed by atoms with E-state index in [1.807, 2.05) is 0 Å². The van der Waals surface area contributed by atoms with Crippen molar-refractivity contribution in [3.63, 3.8) is 0 Å². The Hall–Kier alpha value is -1.85. The molecular formula is C12H8Cl2N2O3. The second-order valence-electron chi connectivity index (χ2n) is 3.69. The van der Waals surface area contributed by atoms with Crippen LogP contribution in [0.4, 0.5) is 5.69 Å². The molecule has 5 nitrogen and oxygen atoms in total. The van der Waals surface area contributed by atoms with Gasteiger partial charge in [-0.2, -0.15) is 0 Å². The molecule has 1 amide bonds. The number of aromatic nitrogens is 1. The molecule has 0 saturated carbocycles. The number of carboxylic acids is 1. The van der Waals surface area contributed by atoms with Crippen LogP contribution in [0.2, 0.25) is 0 Å². The highest BCUT2D eigenvalue weighted by Gasteiger charge is 2.13. The predicted octanol–water partition coefficient (Wildman–Crippen LogP) is 2.68. The Morgan fingerprint density at radius 2 is 2.00 bits per heavy atom. The molecule has 98 valence electrons. The molecular weight excluding hydrogens is 291 g/mol. The molecule has 1 aromatic heterocycles. The Balaban J connectivity index is 2.42. The number of fused-ring (bicyclic) bond motifs is 1. The van der Waals surface area contributed by atoms with Crippen LogP contribution >= 0.6 is 23.2 Å². The molecule has 1 heterocycles. The van der Waals surface area contributed by atoms with Crippen LogP contribution in [0.1, 0.15) is 10.5 Å². The lowest BCUT2D eigenvalue weighted by Crippen LogP contribution is -2.18. The maximum absolute atomic E-state index is 11.3.